The fourth-order valence-electron chi connectivity index (χ4n) is 5.22. The Balaban J connectivity index is 1.15. The fourth-order valence-corrected chi connectivity index (χ4v) is 5.22. The second kappa shape index (κ2) is 14.0. The molecule has 1 saturated heterocycles. The predicted molar refractivity (Wildman–Crippen MR) is 163 cm³/mol. The van der Waals surface area contributed by atoms with E-state index in [2.05, 4.69) is 36.3 Å². The highest BCUT2D eigenvalue weighted by Crippen LogP contribution is 2.30. The van der Waals surface area contributed by atoms with E-state index in [0.29, 0.717) is 30.7 Å². The van der Waals surface area contributed by atoms with Gasteiger partial charge >= 0.3 is 6.01 Å². The largest absolute Gasteiger partial charge is 0.484 e. The van der Waals surface area contributed by atoms with Gasteiger partial charge in [-0.2, -0.15) is 10.2 Å². The zero-order chi connectivity index (χ0) is 31.0. The van der Waals surface area contributed by atoms with Gasteiger partial charge in [0, 0.05) is 41.8 Å². The summed E-state index contributed by atoms with van der Waals surface area (Å²) in [5.41, 5.74) is 1.88. The Morgan fingerprint density at radius 3 is 2.38 bits per heavy atom. The number of nitrogens with one attached hydrogen (secondary N) is 1. The first-order valence-electron chi connectivity index (χ1n) is 14.7. The van der Waals surface area contributed by atoms with Crippen LogP contribution >= 0.6 is 0 Å². The third kappa shape index (κ3) is 7.25. The topological polar surface area (TPSA) is 158 Å². The molecule has 13 nitrogen and oxygen atoms in total. The number of aromatic nitrogens is 5. The van der Waals surface area contributed by atoms with Crippen LogP contribution in [-0.2, 0) is 9.53 Å². The minimum Gasteiger partial charge on any atom is -0.484 e. The lowest BCUT2D eigenvalue weighted by atomic mass is 9.90. The molecule has 0 spiro atoms. The fraction of sp³-hybridized carbons (Fsp3) is 0.344. The van der Waals surface area contributed by atoms with Crippen LogP contribution in [-0.4, -0.2) is 75.9 Å². The normalized spacial score (nSPS) is 17.8. The minimum atomic E-state index is -0.180. The molecule has 4 heterocycles. The van der Waals surface area contributed by atoms with Crippen LogP contribution in [0.1, 0.15) is 31.2 Å². The monoisotopic (exact) mass is 608 g/mol. The number of anilines is 2. The highest BCUT2D eigenvalue weighted by molar-refractivity contribution is 5.94. The number of hydrogen-bond acceptors (Lipinski definition) is 12. The number of ether oxygens (including phenoxy) is 4. The van der Waals surface area contributed by atoms with Gasteiger partial charge in [0.2, 0.25) is 11.8 Å². The van der Waals surface area contributed by atoms with Crippen molar-refractivity contribution in [3.05, 3.63) is 72.8 Å². The molecule has 1 saturated carbocycles. The third-order valence-electron chi connectivity index (χ3n) is 7.67. The smallest absolute Gasteiger partial charge is 0.316 e. The molecule has 2 fully saturated rings. The van der Waals surface area contributed by atoms with Crippen molar-refractivity contribution in [3.63, 3.8) is 0 Å². The Morgan fingerprint density at radius 1 is 0.978 bits per heavy atom. The lowest BCUT2D eigenvalue weighted by molar-refractivity contribution is -0.121. The number of carbonyl (C=O) groups is 1. The first-order chi connectivity index (χ1) is 22.1. The quantitative estimate of drug-likeness (QED) is 0.263. The number of nitrogens with zero attached hydrogens (tertiary/aromatic N) is 7. The standard InChI is InChI=1S/C32H32N8O5/c1-42-32-36-16-23(17-37-32)21-7-12-28(34-14-21)40(29(41)20-44-26-5-3-2-4-6-26)25-10-8-24(9-11-25)38-31-35-15-22(13-33)30(39-31)45-27-18-43-19-27/h2-7,12,14-17,24-25,27H,8-11,18-20H2,1H3,(H,35,38,39). The molecule has 0 radical (unpaired) electrons. The summed E-state index contributed by atoms with van der Waals surface area (Å²) in [4.78, 5) is 37.2. The molecule has 230 valence electrons. The molecule has 1 aromatic carbocycles. The van der Waals surface area contributed by atoms with Gasteiger partial charge in [-0.05, 0) is 49.9 Å². The summed E-state index contributed by atoms with van der Waals surface area (Å²) >= 11 is 0. The van der Waals surface area contributed by atoms with E-state index in [1.54, 1.807) is 23.5 Å². The summed E-state index contributed by atoms with van der Waals surface area (Å²) in [6.07, 6.45) is 9.39. The Labute approximate surface area is 260 Å². The van der Waals surface area contributed by atoms with Crippen LogP contribution in [0.3, 0.4) is 0 Å². The average molecular weight is 609 g/mol. The van der Waals surface area contributed by atoms with Crippen LogP contribution in [0.5, 0.6) is 17.6 Å². The highest BCUT2D eigenvalue weighted by Gasteiger charge is 2.32. The Kier molecular flexibility index (Phi) is 9.22. The number of rotatable bonds is 11. The van der Waals surface area contributed by atoms with Gasteiger partial charge in [-0.25, -0.2) is 19.9 Å². The van der Waals surface area contributed by atoms with Crippen molar-refractivity contribution in [2.24, 2.45) is 0 Å². The second-order valence-corrected chi connectivity index (χ2v) is 10.7. The van der Waals surface area contributed by atoms with Gasteiger partial charge in [-0.3, -0.25) is 9.69 Å². The molecular weight excluding hydrogens is 576 g/mol. The zero-order valence-corrected chi connectivity index (χ0v) is 24.7. The van der Waals surface area contributed by atoms with Gasteiger partial charge in [-0.1, -0.05) is 18.2 Å². The molecule has 1 aliphatic carbocycles. The summed E-state index contributed by atoms with van der Waals surface area (Å²) in [6.45, 7) is 0.827. The van der Waals surface area contributed by atoms with E-state index in [0.717, 1.165) is 36.8 Å². The van der Waals surface area contributed by atoms with Crippen molar-refractivity contribution in [1.29, 1.82) is 5.26 Å². The van der Waals surface area contributed by atoms with Gasteiger partial charge in [0.05, 0.1) is 26.5 Å². The maximum absolute atomic E-state index is 13.7. The van der Waals surface area contributed by atoms with Crippen molar-refractivity contribution in [1.82, 2.24) is 24.9 Å². The van der Waals surface area contributed by atoms with Gasteiger partial charge < -0.3 is 24.3 Å². The molecule has 0 unspecified atom stereocenters. The molecule has 4 aromatic rings. The third-order valence-corrected chi connectivity index (χ3v) is 7.67. The molecule has 6 rings (SSSR count). The van der Waals surface area contributed by atoms with Crippen molar-refractivity contribution in [2.45, 2.75) is 43.9 Å². The number of hydrogen-bond donors (Lipinski definition) is 1. The van der Waals surface area contributed by atoms with Gasteiger partial charge in [-0.15, -0.1) is 0 Å². The summed E-state index contributed by atoms with van der Waals surface area (Å²) in [5, 5.41) is 12.8. The van der Waals surface area contributed by atoms with Crippen LogP contribution < -0.4 is 24.4 Å². The summed E-state index contributed by atoms with van der Waals surface area (Å²) in [5.74, 6) is 1.64. The Bertz CT molecular complexity index is 1620. The Hall–Kier alpha value is -5.35. The summed E-state index contributed by atoms with van der Waals surface area (Å²) in [7, 11) is 1.51. The van der Waals surface area contributed by atoms with E-state index in [-0.39, 0.29) is 48.2 Å². The molecule has 2 aliphatic rings. The molecule has 1 N–H and O–H groups in total. The molecule has 1 amide bonds. The molecular formula is C32H32N8O5. The minimum absolute atomic E-state index is 0.0806. The van der Waals surface area contributed by atoms with E-state index in [9.17, 15) is 10.1 Å². The lowest BCUT2D eigenvalue weighted by Gasteiger charge is -2.36. The van der Waals surface area contributed by atoms with E-state index in [1.165, 1.54) is 13.3 Å². The van der Waals surface area contributed by atoms with Crippen molar-refractivity contribution in [3.8, 4) is 34.8 Å². The zero-order valence-electron chi connectivity index (χ0n) is 24.7. The number of carbonyl (C=O) groups excluding carboxylic acids is 1. The van der Waals surface area contributed by atoms with Crippen LogP contribution in [0.4, 0.5) is 11.8 Å². The summed E-state index contributed by atoms with van der Waals surface area (Å²) < 4.78 is 21.9. The van der Waals surface area contributed by atoms with Crippen molar-refractivity contribution < 1.29 is 23.7 Å². The lowest BCUT2D eigenvalue weighted by Crippen LogP contribution is -2.46. The average Bonchev–Trinajstić information content (AvgIpc) is 3.07. The number of amides is 1. The Morgan fingerprint density at radius 2 is 1.73 bits per heavy atom. The van der Waals surface area contributed by atoms with E-state index in [1.807, 2.05) is 42.5 Å². The molecule has 0 bridgehead atoms. The van der Waals surface area contributed by atoms with E-state index < -0.39 is 0 Å². The number of para-hydroxylation sites is 1. The second-order valence-electron chi connectivity index (χ2n) is 10.7. The van der Waals surface area contributed by atoms with Crippen LogP contribution in [0.25, 0.3) is 11.1 Å². The SMILES string of the molecule is COc1ncc(-c2ccc(N(C(=O)COc3ccccc3)C3CCC(Nc4ncc(C#N)c(OC5COC5)n4)CC3)nc2)cn1. The predicted octanol–water partition coefficient (Wildman–Crippen LogP) is 3.82. The maximum Gasteiger partial charge on any atom is 0.316 e. The maximum atomic E-state index is 13.7. The number of benzene rings is 1. The molecule has 3 aromatic heterocycles. The summed E-state index contributed by atoms with van der Waals surface area (Å²) in [6, 6.07) is 15.4. The number of nitriles is 1. The van der Waals surface area contributed by atoms with Crippen molar-refractivity contribution >= 4 is 17.7 Å². The van der Waals surface area contributed by atoms with Gasteiger partial charge in [0.15, 0.2) is 6.61 Å². The van der Waals surface area contributed by atoms with Crippen LogP contribution in [0, 0.1) is 11.3 Å². The first kappa shape index (κ1) is 29.7. The number of methoxy groups -OCH3 is 1. The van der Waals surface area contributed by atoms with Gasteiger partial charge in [0.25, 0.3) is 5.91 Å². The molecule has 45 heavy (non-hydrogen) atoms. The van der Waals surface area contributed by atoms with Crippen molar-refractivity contribution in [2.75, 3.05) is 37.1 Å². The molecule has 1 aliphatic heterocycles. The molecule has 13 heteroatoms. The van der Waals surface area contributed by atoms with Gasteiger partial charge in [0.1, 0.15) is 29.3 Å². The van der Waals surface area contributed by atoms with E-state index >= 15 is 0 Å². The van der Waals surface area contributed by atoms with E-state index in [4.69, 9.17) is 18.9 Å². The molecule has 0 atom stereocenters. The van der Waals surface area contributed by atoms with Crippen LogP contribution in [0.15, 0.2) is 67.3 Å². The number of pyridine rings is 1. The van der Waals surface area contributed by atoms with Crippen LogP contribution in [0.2, 0.25) is 0 Å². The highest BCUT2D eigenvalue weighted by atomic mass is 16.6. The first-order valence-corrected chi connectivity index (χ1v) is 14.7.